The van der Waals surface area contributed by atoms with Crippen molar-refractivity contribution in [1.29, 1.82) is 0 Å². The number of ketones is 1. The van der Waals surface area contributed by atoms with Crippen molar-refractivity contribution in [2.45, 2.75) is 31.7 Å². The highest BCUT2D eigenvalue weighted by atomic mass is 35.5. The van der Waals surface area contributed by atoms with Crippen molar-refractivity contribution in [2.75, 3.05) is 5.32 Å². The third-order valence-electron chi connectivity index (χ3n) is 4.35. The highest BCUT2D eigenvalue weighted by Gasteiger charge is 2.31. The average molecular weight is 314 g/mol. The molecule has 114 valence electrons. The molecule has 0 bridgehead atoms. The molecule has 1 aliphatic carbocycles. The maximum Gasteiger partial charge on any atom is 0.138 e. The van der Waals surface area contributed by atoms with Crippen molar-refractivity contribution >= 4 is 23.1 Å². The predicted molar refractivity (Wildman–Crippen MR) is 91.2 cm³/mol. The number of Topliss-reactive ketones (excluding diaryl/α,β-unsaturated/α-hetero) is 1. The molecule has 1 fully saturated rings. The summed E-state index contributed by atoms with van der Waals surface area (Å²) in [5.74, 6) is 0.382. The molecular formula is C19H20ClNO. The number of rotatable bonds is 4. The molecule has 1 N–H and O–H groups in total. The van der Waals surface area contributed by atoms with E-state index in [0.29, 0.717) is 17.2 Å². The first-order valence-corrected chi connectivity index (χ1v) is 8.22. The molecule has 1 aliphatic rings. The maximum atomic E-state index is 12.4. The van der Waals surface area contributed by atoms with Gasteiger partial charge >= 0.3 is 0 Å². The molecule has 0 unspecified atom stereocenters. The fourth-order valence-corrected chi connectivity index (χ4v) is 3.38. The van der Waals surface area contributed by atoms with Gasteiger partial charge in [-0.25, -0.2) is 0 Å². The second-order valence-electron chi connectivity index (χ2n) is 5.83. The van der Waals surface area contributed by atoms with Gasteiger partial charge in [0.15, 0.2) is 0 Å². The van der Waals surface area contributed by atoms with Gasteiger partial charge in [0.1, 0.15) is 5.78 Å². The third kappa shape index (κ3) is 3.33. The second kappa shape index (κ2) is 6.97. The molecule has 1 saturated carbocycles. The Bertz CT molecular complexity index is 641. The summed E-state index contributed by atoms with van der Waals surface area (Å²) < 4.78 is 0. The van der Waals surface area contributed by atoms with Crippen LogP contribution < -0.4 is 5.32 Å². The molecule has 0 saturated heterocycles. The zero-order chi connectivity index (χ0) is 15.4. The smallest absolute Gasteiger partial charge is 0.138 e. The minimum atomic E-state index is -0.0195. The Hall–Kier alpha value is -1.80. The van der Waals surface area contributed by atoms with Crippen molar-refractivity contribution in [1.82, 2.24) is 0 Å². The summed E-state index contributed by atoms with van der Waals surface area (Å²) in [4.78, 5) is 12.4. The van der Waals surface area contributed by atoms with Crippen LogP contribution in [0.2, 0.25) is 5.02 Å². The number of carbonyl (C=O) groups is 1. The van der Waals surface area contributed by atoms with Gasteiger partial charge in [-0.1, -0.05) is 60.5 Å². The Morgan fingerprint density at radius 3 is 2.45 bits per heavy atom. The van der Waals surface area contributed by atoms with E-state index < -0.39 is 0 Å². The summed E-state index contributed by atoms with van der Waals surface area (Å²) in [6, 6.07) is 17.9. The van der Waals surface area contributed by atoms with Crippen LogP contribution in [0.15, 0.2) is 54.6 Å². The van der Waals surface area contributed by atoms with E-state index in [2.05, 4.69) is 17.4 Å². The van der Waals surface area contributed by atoms with E-state index in [-0.39, 0.29) is 12.0 Å². The predicted octanol–water partition coefficient (Wildman–Crippen LogP) is 5.25. The molecule has 3 heteroatoms. The number of carbonyl (C=O) groups excluding carboxylic acids is 1. The standard InChI is InChI=1S/C19H20ClNO/c20-16-11-5-6-12-17(16)21-19(14-8-2-1-3-9-14)15-10-4-7-13-18(15)22/h1-3,5-6,8-9,11-12,15,19,21H,4,7,10,13H2/t15-,19-/m1/s1. The fraction of sp³-hybridized carbons (Fsp3) is 0.316. The topological polar surface area (TPSA) is 29.1 Å². The summed E-state index contributed by atoms with van der Waals surface area (Å²) in [6.45, 7) is 0. The molecule has 22 heavy (non-hydrogen) atoms. The van der Waals surface area contributed by atoms with E-state index in [1.165, 1.54) is 0 Å². The number of benzene rings is 2. The summed E-state index contributed by atoms with van der Waals surface area (Å²) in [7, 11) is 0. The zero-order valence-corrected chi connectivity index (χ0v) is 13.2. The van der Waals surface area contributed by atoms with Crippen LogP contribution >= 0.6 is 11.6 Å². The molecule has 0 radical (unpaired) electrons. The van der Waals surface area contributed by atoms with Crippen molar-refractivity contribution < 1.29 is 4.79 Å². The van der Waals surface area contributed by atoms with Gasteiger partial charge in [-0.2, -0.15) is 0 Å². The van der Waals surface area contributed by atoms with Gasteiger partial charge in [0.25, 0.3) is 0 Å². The summed E-state index contributed by atoms with van der Waals surface area (Å²) >= 11 is 6.28. The lowest BCUT2D eigenvalue weighted by Crippen LogP contribution is -2.30. The van der Waals surface area contributed by atoms with Crippen LogP contribution in [-0.2, 0) is 4.79 Å². The Kier molecular flexibility index (Phi) is 4.79. The van der Waals surface area contributed by atoms with E-state index in [1.54, 1.807) is 0 Å². The molecular weight excluding hydrogens is 294 g/mol. The maximum absolute atomic E-state index is 12.4. The molecule has 2 nitrogen and oxygen atoms in total. The molecule has 2 aromatic carbocycles. The normalized spacial score (nSPS) is 19.7. The monoisotopic (exact) mass is 313 g/mol. The molecule has 0 heterocycles. The van der Waals surface area contributed by atoms with Crippen LogP contribution in [0.3, 0.4) is 0 Å². The molecule has 0 spiro atoms. The SMILES string of the molecule is O=C1CCCC[C@H]1[C@H](Nc1ccccc1Cl)c1ccccc1. The summed E-state index contributed by atoms with van der Waals surface area (Å²) in [5.41, 5.74) is 2.03. The Morgan fingerprint density at radius 1 is 1.00 bits per heavy atom. The first kappa shape index (κ1) is 15.1. The van der Waals surface area contributed by atoms with Crippen molar-refractivity contribution in [3.63, 3.8) is 0 Å². The van der Waals surface area contributed by atoms with Gasteiger partial charge < -0.3 is 5.32 Å². The lowest BCUT2D eigenvalue weighted by Gasteiger charge is -2.31. The number of hydrogen-bond acceptors (Lipinski definition) is 2. The van der Waals surface area contributed by atoms with E-state index in [1.807, 2.05) is 42.5 Å². The van der Waals surface area contributed by atoms with E-state index in [0.717, 1.165) is 30.5 Å². The Balaban J connectivity index is 1.93. The van der Waals surface area contributed by atoms with Crippen LogP contribution in [0, 0.1) is 5.92 Å². The van der Waals surface area contributed by atoms with Gasteiger partial charge in [-0.15, -0.1) is 0 Å². The number of halogens is 1. The van der Waals surface area contributed by atoms with Crippen molar-refractivity contribution in [3.8, 4) is 0 Å². The minimum Gasteiger partial charge on any atom is -0.376 e. The lowest BCUT2D eigenvalue weighted by molar-refractivity contribution is -0.125. The number of para-hydroxylation sites is 1. The molecule has 3 rings (SSSR count). The third-order valence-corrected chi connectivity index (χ3v) is 4.68. The highest BCUT2D eigenvalue weighted by molar-refractivity contribution is 6.33. The average Bonchev–Trinajstić information content (AvgIpc) is 2.56. The summed E-state index contributed by atoms with van der Waals surface area (Å²) in [6.07, 6.45) is 3.76. The quantitative estimate of drug-likeness (QED) is 0.835. The van der Waals surface area contributed by atoms with Gasteiger partial charge in [0, 0.05) is 12.3 Å². The van der Waals surface area contributed by atoms with Crippen molar-refractivity contribution in [2.24, 2.45) is 5.92 Å². The van der Waals surface area contributed by atoms with E-state index in [9.17, 15) is 4.79 Å². The highest BCUT2D eigenvalue weighted by Crippen LogP contribution is 2.36. The Labute approximate surface area is 136 Å². The van der Waals surface area contributed by atoms with E-state index >= 15 is 0 Å². The molecule has 0 aromatic heterocycles. The molecule has 0 aliphatic heterocycles. The second-order valence-corrected chi connectivity index (χ2v) is 6.24. The first-order valence-electron chi connectivity index (χ1n) is 7.84. The number of nitrogens with one attached hydrogen (secondary N) is 1. The van der Waals surface area contributed by atoms with Gasteiger partial charge in [0.05, 0.1) is 16.8 Å². The zero-order valence-electron chi connectivity index (χ0n) is 12.5. The molecule has 2 atom stereocenters. The van der Waals surface area contributed by atoms with E-state index in [4.69, 9.17) is 11.6 Å². The lowest BCUT2D eigenvalue weighted by atomic mass is 9.80. The van der Waals surface area contributed by atoms with Crippen LogP contribution in [0.25, 0.3) is 0 Å². The fourth-order valence-electron chi connectivity index (χ4n) is 3.18. The van der Waals surface area contributed by atoms with Crippen LogP contribution in [0.5, 0.6) is 0 Å². The van der Waals surface area contributed by atoms with Crippen LogP contribution in [0.4, 0.5) is 5.69 Å². The van der Waals surface area contributed by atoms with Crippen LogP contribution in [-0.4, -0.2) is 5.78 Å². The molecule has 2 aromatic rings. The number of anilines is 1. The number of hydrogen-bond donors (Lipinski definition) is 1. The summed E-state index contributed by atoms with van der Waals surface area (Å²) in [5, 5.41) is 4.20. The van der Waals surface area contributed by atoms with Gasteiger partial charge in [0.2, 0.25) is 0 Å². The van der Waals surface area contributed by atoms with Crippen molar-refractivity contribution in [3.05, 3.63) is 65.2 Å². The Morgan fingerprint density at radius 2 is 1.73 bits per heavy atom. The largest absolute Gasteiger partial charge is 0.376 e. The molecule has 0 amide bonds. The minimum absolute atomic E-state index is 0.0195. The van der Waals surface area contributed by atoms with Crippen LogP contribution in [0.1, 0.15) is 37.3 Å². The van der Waals surface area contributed by atoms with Gasteiger partial charge in [-0.3, -0.25) is 4.79 Å². The first-order chi connectivity index (χ1) is 10.8. The van der Waals surface area contributed by atoms with Gasteiger partial charge in [-0.05, 0) is 30.5 Å².